The van der Waals surface area contributed by atoms with Crippen LogP contribution in [-0.4, -0.2) is 37.6 Å². The number of hydrogen-bond donors (Lipinski definition) is 3. The number of imide groups is 1. The van der Waals surface area contributed by atoms with Gasteiger partial charge in [-0.2, -0.15) is 19.6 Å². The van der Waals surface area contributed by atoms with Crippen LogP contribution in [0, 0.1) is 11.6 Å². The lowest BCUT2D eigenvalue weighted by atomic mass is 10.2. The van der Waals surface area contributed by atoms with Crippen LogP contribution in [-0.2, 0) is 4.79 Å². The number of halogens is 2. The predicted molar refractivity (Wildman–Crippen MR) is 98.5 cm³/mol. The fourth-order valence-electron chi connectivity index (χ4n) is 2.81. The summed E-state index contributed by atoms with van der Waals surface area (Å²) in [6.07, 6.45) is 4.80. The van der Waals surface area contributed by atoms with Gasteiger partial charge in [0.1, 0.15) is 11.4 Å². The fraction of sp³-hybridized carbons (Fsp3) is 0.167. The van der Waals surface area contributed by atoms with Gasteiger partial charge in [0.15, 0.2) is 17.3 Å². The molecule has 3 N–H and O–H groups in total. The molecule has 0 bridgehead atoms. The van der Waals surface area contributed by atoms with Gasteiger partial charge in [-0.1, -0.05) is 0 Å². The number of benzene rings is 1. The normalized spacial score (nSPS) is 17.3. The van der Waals surface area contributed by atoms with Crippen LogP contribution >= 0.6 is 0 Å². The van der Waals surface area contributed by atoms with Crippen LogP contribution in [0.5, 0.6) is 11.8 Å². The van der Waals surface area contributed by atoms with E-state index in [0.717, 1.165) is 25.0 Å². The zero-order valence-electron chi connectivity index (χ0n) is 15.1. The molecule has 1 saturated carbocycles. The van der Waals surface area contributed by atoms with E-state index in [1.807, 2.05) is 0 Å². The molecule has 3 amide bonds. The van der Waals surface area contributed by atoms with E-state index in [4.69, 9.17) is 4.74 Å². The highest BCUT2D eigenvalue weighted by molar-refractivity contribution is 6.14. The second kappa shape index (κ2) is 6.76. The summed E-state index contributed by atoms with van der Waals surface area (Å²) in [6, 6.07) is 2.53. The molecule has 2 fully saturated rings. The van der Waals surface area contributed by atoms with Gasteiger partial charge in [0.2, 0.25) is 5.95 Å². The number of nitrogens with zero attached hydrogens (tertiary/aromatic N) is 4. The average molecular weight is 413 g/mol. The van der Waals surface area contributed by atoms with Gasteiger partial charge < -0.3 is 15.4 Å². The van der Waals surface area contributed by atoms with Gasteiger partial charge in [-0.25, -0.2) is 13.6 Å². The molecule has 0 radical (unpaired) electrons. The number of fused-ring (bicyclic) bond motifs is 1. The summed E-state index contributed by atoms with van der Waals surface area (Å²) in [5, 5.41) is 11.9. The molecule has 1 aliphatic heterocycles. The molecule has 2 aliphatic rings. The van der Waals surface area contributed by atoms with Crippen molar-refractivity contribution in [2.24, 2.45) is 0 Å². The van der Waals surface area contributed by atoms with Gasteiger partial charge in [-0.05, 0) is 31.1 Å². The first-order valence-corrected chi connectivity index (χ1v) is 8.95. The van der Waals surface area contributed by atoms with Crippen molar-refractivity contribution in [3.63, 3.8) is 0 Å². The first-order valence-electron chi connectivity index (χ1n) is 8.95. The van der Waals surface area contributed by atoms with Gasteiger partial charge >= 0.3 is 12.0 Å². The summed E-state index contributed by atoms with van der Waals surface area (Å²) < 4.78 is 33.6. The van der Waals surface area contributed by atoms with Crippen molar-refractivity contribution in [2.75, 3.05) is 5.32 Å². The summed E-state index contributed by atoms with van der Waals surface area (Å²) in [4.78, 5) is 31.7. The van der Waals surface area contributed by atoms with E-state index >= 15 is 0 Å². The Hall–Kier alpha value is -4.09. The zero-order valence-corrected chi connectivity index (χ0v) is 15.1. The van der Waals surface area contributed by atoms with Crippen molar-refractivity contribution in [1.82, 2.24) is 30.2 Å². The van der Waals surface area contributed by atoms with E-state index in [1.165, 1.54) is 22.9 Å². The lowest BCUT2D eigenvalue weighted by Gasteiger charge is -2.09. The standard InChI is InChI=1S/C18H13F2N7O3/c19-11-4-3-10(6-12(11)20)30-18-24-14-8(5-13-15(28)25-17(29)23-13)7-21-27(14)16(26-18)22-9-1-2-9/h3-7,9H,1-2H2,(H,22,24,26)(H2,23,25,28,29)/b13-5-. The molecule has 152 valence electrons. The molecule has 3 aromatic rings. The fourth-order valence-corrected chi connectivity index (χ4v) is 2.81. The summed E-state index contributed by atoms with van der Waals surface area (Å²) in [5.74, 6) is -2.30. The molecule has 2 aromatic heterocycles. The Morgan fingerprint density at radius 1 is 1.17 bits per heavy atom. The minimum absolute atomic E-state index is 0.0116. The molecule has 0 spiro atoms. The zero-order chi connectivity index (χ0) is 20.8. The van der Waals surface area contributed by atoms with E-state index in [0.29, 0.717) is 11.5 Å². The van der Waals surface area contributed by atoms with E-state index in [-0.39, 0.29) is 29.1 Å². The molecule has 10 nitrogen and oxygen atoms in total. The molecule has 12 heteroatoms. The van der Waals surface area contributed by atoms with Crippen LogP contribution in [0.25, 0.3) is 11.7 Å². The quantitative estimate of drug-likeness (QED) is 0.432. The molecule has 5 rings (SSSR count). The number of anilines is 1. The number of rotatable bonds is 5. The van der Waals surface area contributed by atoms with Crippen LogP contribution in [0.2, 0.25) is 0 Å². The van der Waals surface area contributed by atoms with E-state index < -0.39 is 23.6 Å². The largest absolute Gasteiger partial charge is 0.424 e. The maximum Gasteiger partial charge on any atom is 0.327 e. The van der Waals surface area contributed by atoms with Crippen molar-refractivity contribution in [3.8, 4) is 11.8 Å². The minimum atomic E-state index is -1.07. The molecule has 1 saturated heterocycles. The first kappa shape index (κ1) is 18.0. The molecule has 0 atom stereocenters. The van der Waals surface area contributed by atoms with Crippen molar-refractivity contribution in [3.05, 3.63) is 47.3 Å². The number of hydrogen-bond acceptors (Lipinski definition) is 7. The SMILES string of the molecule is O=C1NC(=O)/C(=C/c2cnn3c(NC4CC4)nc(Oc4ccc(F)c(F)c4)nc23)N1. The summed E-state index contributed by atoms with van der Waals surface area (Å²) in [5.41, 5.74) is 0.735. The monoisotopic (exact) mass is 413 g/mol. The average Bonchev–Trinajstić information content (AvgIpc) is 3.34. The third kappa shape index (κ3) is 3.38. The number of nitrogens with one attached hydrogen (secondary N) is 3. The van der Waals surface area contributed by atoms with Crippen molar-refractivity contribution >= 4 is 29.6 Å². The lowest BCUT2D eigenvalue weighted by molar-refractivity contribution is -0.115. The van der Waals surface area contributed by atoms with Gasteiger partial charge in [0.25, 0.3) is 5.91 Å². The van der Waals surface area contributed by atoms with Crippen LogP contribution in [0.15, 0.2) is 30.1 Å². The van der Waals surface area contributed by atoms with E-state index in [9.17, 15) is 18.4 Å². The number of carbonyl (C=O) groups excluding carboxylic acids is 2. The maximum absolute atomic E-state index is 13.5. The second-order valence-electron chi connectivity index (χ2n) is 6.73. The number of urea groups is 1. The molecular weight excluding hydrogens is 400 g/mol. The third-order valence-electron chi connectivity index (χ3n) is 4.41. The van der Waals surface area contributed by atoms with Crippen LogP contribution < -0.4 is 20.7 Å². The summed E-state index contributed by atoms with van der Waals surface area (Å²) in [6.45, 7) is 0. The van der Waals surface area contributed by atoms with Gasteiger partial charge in [-0.15, -0.1) is 0 Å². The van der Waals surface area contributed by atoms with Crippen molar-refractivity contribution in [1.29, 1.82) is 0 Å². The highest BCUT2D eigenvalue weighted by atomic mass is 19.2. The molecule has 3 heterocycles. The van der Waals surface area contributed by atoms with Crippen molar-refractivity contribution < 1.29 is 23.1 Å². The lowest BCUT2D eigenvalue weighted by Crippen LogP contribution is -2.22. The molecular formula is C18H13F2N7O3. The highest BCUT2D eigenvalue weighted by Gasteiger charge is 2.26. The number of ether oxygens (including phenoxy) is 1. The third-order valence-corrected chi connectivity index (χ3v) is 4.41. The highest BCUT2D eigenvalue weighted by Crippen LogP contribution is 2.28. The Labute approximate surface area is 167 Å². The minimum Gasteiger partial charge on any atom is -0.424 e. The van der Waals surface area contributed by atoms with Crippen LogP contribution in [0.3, 0.4) is 0 Å². The number of aromatic nitrogens is 4. The topological polar surface area (TPSA) is 123 Å². The number of carbonyl (C=O) groups is 2. The second-order valence-corrected chi connectivity index (χ2v) is 6.73. The predicted octanol–water partition coefficient (Wildman–Crippen LogP) is 1.95. The maximum atomic E-state index is 13.5. The molecule has 0 unspecified atom stereocenters. The molecule has 1 aliphatic carbocycles. The summed E-state index contributed by atoms with van der Waals surface area (Å²) in [7, 11) is 0. The van der Waals surface area contributed by atoms with Crippen molar-refractivity contribution in [2.45, 2.75) is 18.9 Å². The van der Waals surface area contributed by atoms with E-state index in [2.05, 4.69) is 31.0 Å². The summed E-state index contributed by atoms with van der Waals surface area (Å²) >= 11 is 0. The van der Waals surface area contributed by atoms with Gasteiger partial charge in [-0.3, -0.25) is 10.1 Å². The Morgan fingerprint density at radius 2 is 2.00 bits per heavy atom. The first-order chi connectivity index (χ1) is 14.5. The number of amides is 3. The Balaban J connectivity index is 1.57. The van der Waals surface area contributed by atoms with E-state index in [1.54, 1.807) is 0 Å². The Bertz CT molecular complexity index is 1240. The smallest absolute Gasteiger partial charge is 0.327 e. The molecule has 1 aromatic carbocycles. The van der Waals surface area contributed by atoms with Crippen LogP contribution in [0.4, 0.5) is 19.5 Å². The molecule has 30 heavy (non-hydrogen) atoms. The van der Waals surface area contributed by atoms with Crippen LogP contribution in [0.1, 0.15) is 18.4 Å². The van der Waals surface area contributed by atoms with Gasteiger partial charge in [0.05, 0.1) is 6.20 Å². The Morgan fingerprint density at radius 3 is 2.70 bits per heavy atom. The van der Waals surface area contributed by atoms with Gasteiger partial charge in [0, 0.05) is 17.7 Å². The Kier molecular flexibility index (Phi) is 4.05.